The van der Waals surface area contributed by atoms with Gasteiger partial charge in [0, 0.05) is 17.4 Å². The molecule has 4 nitrogen and oxygen atoms in total. The lowest BCUT2D eigenvalue weighted by Crippen LogP contribution is -2.49. The molecule has 1 aromatic carbocycles. The third-order valence-corrected chi connectivity index (χ3v) is 5.29. The molecule has 0 radical (unpaired) electrons. The highest BCUT2D eigenvalue weighted by Crippen LogP contribution is 2.23. The summed E-state index contributed by atoms with van der Waals surface area (Å²) >= 11 is 11.6. The molecule has 1 atom stereocenters. The summed E-state index contributed by atoms with van der Waals surface area (Å²) in [6.45, 7) is 1.02. The van der Waals surface area contributed by atoms with Gasteiger partial charge in [-0.15, -0.1) is 11.6 Å². The van der Waals surface area contributed by atoms with E-state index in [0.717, 1.165) is 0 Å². The SMILES string of the molecule is O=S(=O)(c1cccc(Cl)c1)N1CCOCC1CCl. The number of ether oxygens (including phenoxy) is 1. The Labute approximate surface area is 116 Å². The molecule has 0 amide bonds. The molecule has 0 saturated carbocycles. The third kappa shape index (κ3) is 2.81. The minimum Gasteiger partial charge on any atom is -0.378 e. The molecule has 1 saturated heterocycles. The van der Waals surface area contributed by atoms with E-state index in [1.54, 1.807) is 12.1 Å². The fraction of sp³-hybridized carbons (Fsp3) is 0.455. The number of hydrogen-bond acceptors (Lipinski definition) is 3. The summed E-state index contributed by atoms with van der Waals surface area (Å²) < 4.78 is 31.5. The summed E-state index contributed by atoms with van der Waals surface area (Å²) in [4.78, 5) is 0.187. The van der Waals surface area contributed by atoms with Gasteiger partial charge in [-0.1, -0.05) is 17.7 Å². The molecule has 0 N–H and O–H groups in total. The van der Waals surface area contributed by atoms with Crippen LogP contribution in [0.15, 0.2) is 29.2 Å². The maximum absolute atomic E-state index is 12.5. The standard InChI is InChI=1S/C11H13Cl2NO3S/c12-7-10-8-17-5-4-14(10)18(15,16)11-3-1-2-9(13)6-11/h1-3,6,10H,4-5,7-8H2. The van der Waals surface area contributed by atoms with Crippen LogP contribution in [0.3, 0.4) is 0 Å². The number of benzene rings is 1. The minimum atomic E-state index is -3.56. The predicted octanol–water partition coefficient (Wildman–Crippen LogP) is 1.97. The maximum atomic E-state index is 12.5. The van der Waals surface area contributed by atoms with Gasteiger partial charge < -0.3 is 4.74 Å². The Morgan fingerprint density at radius 2 is 2.22 bits per heavy atom. The lowest BCUT2D eigenvalue weighted by Gasteiger charge is -2.33. The number of alkyl halides is 1. The zero-order valence-electron chi connectivity index (χ0n) is 9.55. The second-order valence-corrected chi connectivity index (χ2v) is 6.59. The first-order valence-corrected chi connectivity index (χ1v) is 7.82. The van der Waals surface area contributed by atoms with Gasteiger partial charge in [0.15, 0.2) is 0 Å². The van der Waals surface area contributed by atoms with Crippen LogP contribution < -0.4 is 0 Å². The largest absolute Gasteiger partial charge is 0.378 e. The fourth-order valence-corrected chi connectivity index (χ4v) is 4.07. The monoisotopic (exact) mass is 309 g/mol. The Morgan fingerprint density at radius 1 is 1.44 bits per heavy atom. The lowest BCUT2D eigenvalue weighted by molar-refractivity contribution is 0.0404. The number of halogens is 2. The molecular formula is C11H13Cl2NO3S. The van der Waals surface area contributed by atoms with Gasteiger partial charge in [-0.05, 0) is 18.2 Å². The molecule has 7 heteroatoms. The van der Waals surface area contributed by atoms with Crippen molar-refractivity contribution in [1.82, 2.24) is 4.31 Å². The van der Waals surface area contributed by atoms with Crippen molar-refractivity contribution >= 4 is 33.2 Å². The first-order valence-electron chi connectivity index (χ1n) is 5.47. The minimum absolute atomic E-state index is 0.187. The summed E-state index contributed by atoms with van der Waals surface area (Å²) in [6.07, 6.45) is 0. The number of sulfonamides is 1. The Balaban J connectivity index is 2.35. The van der Waals surface area contributed by atoms with E-state index in [4.69, 9.17) is 27.9 Å². The van der Waals surface area contributed by atoms with Gasteiger partial charge in [0.05, 0.1) is 24.2 Å². The second-order valence-electron chi connectivity index (χ2n) is 3.96. The van der Waals surface area contributed by atoms with E-state index in [9.17, 15) is 8.42 Å². The van der Waals surface area contributed by atoms with E-state index in [-0.39, 0.29) is 16.8 Å². The van der Waals surface area contributed by atoms with Crippen molar-refractivity contribution in [3.05, 3.63) is 29.3 Å². The molecule has 1 fully saturated rings. The topological polar surface area (TPSA) is 46.6 Å². The third-order valence-electron chi connectivity index (χ3n) is 2.75. The van der Waals surface area contributed by atoms with E-state index >= 15 is 0 Å². The first-order chi connectivity index (χ1) is 8.55. The van der Waals surface area contributed by atoms with Crippen LogP contribution in [0.5, 0.6) is 0 Å². The Bertz CT molecular complexity index is 521. The number of morpholine rings is 1. The van der Waals surface area contributed by atoms with Crippen molar-refractivity contribution in [2.24, 2.45) is 0 Å². The fourth-order valence-electron chi connectivity index (χ4n) is 1.84. The van der Waals surface area contributed by atoms with Gasteiger partial charge in [0.1, 0.15) is 0 Å². The van der Waals surface area contributed by atoms with Gasteiger partial charge in [-0.3, -0.25) is 0 Å². The van der Waals surface area contributed by atoms with Crippen LogP contribution in [-0.2, 0) is 14.8 Å². The van der Waals surface area contributed by atoms with Crippen LogP contribution in [0.25, 0.3) is 0 Å². The summed E-state index contributed by atoms with van der Waals surface area (Å²) in [5, 5.41) is 0.395. The molecule has 100 valence electrons. The number of nitrogens with zero attached hydrogens (tertiary/aromatic N) is 1. The predicted molar refractivity (Wildman–Crippen MR) is 70.7 cm³/mol. The van der Waals surface area contributed by atoms with Crippen molar-refractivity contribution in [2.45, 2.75) is 10.9 Å². The van der Waals surface area contributed by atoms with Gasteiger partial charge >= 0.3 is 0 Å². The normalized spacial score (nSPS) is 22.0. The highest BCUT2D eigenvalue weighted by Gasteiger charge is 2.33. The zero-order valence-corrected chi connectivity index (χ0v) is 11.9. The molecule has 0 bridgehead atoms. The van der Waals surface area contributed by atoms with E-state index in [2.05, 4.69) is 0 Å². The molecular weight excluding hydrogens is 297 g/mol. The van der Waals surface area contributed by atoms with E-state index < -0.39 is 10.0 Å². The quantitative estimate of drug-likeness (QED) is 0.802. The average molecular weight is 310 g/mol. The molecule has 18 heavy (non-hydrogen) atoms. The summed E-state index contributed by atoms with van der Waals surface area (Å²) in [5.41, 5.74) is 0. The second kappa shape index (κ2) is 5.75. The van der Waals surface area contributed by atoms with Crippen LogP contribution in [0.2, 0.25) is 5.02 Å². The van der Waals surface area contributed by atoms with Gasteiger partial charge in [-0.2, -0.15) is 4.31 Å². The van der Waals surface area contributed by atoms with Gasteiger partial charge in [0.25, 0.3) is 0 Å². The maximum Gasteiger partial charge on any atom is 0.243 e. The average Bonchev–Trinajstić information content (AvgIpc) is 2.38. The van der Waals surface area contributed by atoms with Crippen molar-refractivity contribution in [1.29, 1.82) is 0 Å². The molecule has 1 aromatic rings. The Kier molecular flexibility index (Phi) is 4.50. The highest BCUT2D eigenvalue weighted by molar-refractivity contribution is 7.89. The molecule has 1 unspecified atom stereocenters. The van der Waals surface area contributed by atoms with Crippen molar-refractivity contribution in [2.75, 3.05) is 25.6 Å². The van der Waals surface area contributed by atoms with Crippen LogP contribution in [0.4, 0.5) is 0 Å². The molecule has 0 spiro atoms. The van der Waals surface area contributed by atoms with Gasteiger partial charge in [-0.25, -0.2) is 8.42 Å². The summed E-state index contributed by atoms with van der Waals surface area (Å²) in [5.74, 6) is 0.208. The molecule has 1 aliphatic rings. The van der Waals surface area contributed by atoms with E-state index in [1.807, 2.05) is 0 Å². The van der Waals surface area contributed by atoms with Crippen LogP contribution in [0.1, 0.15) is 0 Å². The van der Waals surface area contributed by atoms with Crippen molar-refractivity contribution < 1.29 is 13.2 Å². The molecule has 2 rings (SSSR count). The molecule has 1 heterocycles. The van der Waals surface area contributed by atoms with Crippen LogP contribution >= 0.6 is 23.2 Å². The number of rotatable bonds is 3. The van der Waals surface area contributed by atoms with E-state index in [0.29, 0.717) is 24.8 Å². The highest BCUT2D eigenvalue weighted by atomic mass is 35.5. The molecule has 0 aromatic heterocycles. The van der Waals surface area contributed by atoms with Crippen molar-refractivity contribution in [3.63, 3.8) is 0 Å². The number of hydrogen-bond donors (Lipinski definition) is 0. The smallest absolute Gasteiger partial charge is 0.243 e. The van der Waals surface area contributed by atoms with Crippen LogP contribution in [-0.4, -0.2) is 44.4 Å². The molecule has 0 aliphatic carbocycles. The Hall–Kier alpha value is -0.330. The van der Waals surface area contributed by atoms with Crippen molar-refractivity contribution in [3.8, 4) is 0 Å². The van der Waals surface area contributed by atoms with E-state index in [1.165, 1.54) is 16.4 Å². The lowest BCUT2D eigenvalue weighted by atomic mass is 10.3. The van der Waals surface area contributed by atoms with Crippen LogP contribution in [0, 0.1) is 0 Å². The first kappa shape index (κ1) is 14.1. The zero-order chi connectivity index (χ0) is 13.2. The molecule has 1 aliphatic heterocycles. The summed E-state index contributed by atoms with van der Waals surface area (Å²) in [7, 11) is -3.56. The van der Waals surface area contributed by atoms with Gasteiger partial charge in [0.2, 0.25) is 10.0 Å². The summed E-state index contributed by atoms with van der Waals surface area (Å²) in [6, 6.07) is 5.90. The Morgan fingerprint density at radius 3 is 2.89 bits per heavy atom.